The molecule has 2 aromatic rings. The Hall–Kier alpha value is -3.31. The minimum absolute atomic E-state index is 0.183. The molecule has 5 heteroatoms. The lowest BCUT2D eigenvalue weighted by Crippen LogP contribution is -2.04. The second-order valence-electron chi connectivity index (χ2n) is 6.03. The highest BCUT2D eigenvalue weighted by atomic mass is 16.5. The molecule has 0 saturated carbocycles. The standard InChI is InChI=1S/C22H22N2O3/c23-14-13-22(25)27-16-4-2-1-3-15-26-21-11-9-20(10-12-21)19-7-5-18(17-24)6-8-19/h5-12H,1-4,13,15-16H2. The van der Waals surface area contributed by atoms with Crippen molar-refractivity contribution in [2.24, 2.45) is 0 Å². The number of nitriles is 2. The maximum Gasteiger partial charge on any atom is 0.320 e. The van der Waals surface area contributed by atoms with Crippen LogP contribution in [0, 0.1) is 22.7 Å². The zero-order valence-electron chi connectivity index (χ0n) is 15.2. The van der Waals surface area contributed by atoms with Crippen molar-refractivity contribution in [1.82, 2.24) is 0 Å². The summed E-state index contributed by atoms with van der Waals surface area (Å²) in [6.07, 6.45) is 3.51. The van der Waals surface area contributed by atoms with Crippen LogP contribution in [0.3, 0.4) is 0 Å². The molecule has 0 aromatic heterocycles. The predicted octanol–water partition coefficient (Wildman–Crippen LogP) is 4.62. The van der Waals surface area contributed by atoms with Crippen molar-refractivity contribution < 1.29 is 14.3 Å². The molecule has 0 atom stereocenters. The van der Waals surface area contributed by atoms with Crippen LogP contribution < -0.4 is 4.74 Å². The number of rotatable bonds is 10. The van der Waals surface area contributed by atoms with Gasteiger partial charge in [0.25, 0.3) is 0 Å². The Kier molecular flexibility index (Phi) is 8.40. The second kappa shape index (κ2) is 11.3. The fraction of sp³-hybridized carbons (Fsp3) is 0.318. The first-order valence-corrected chi connectivity index (χ1v) is 8.99. The smallest absolute Gasteiger partial charge is 0.320 e. The van der Waals surface area contributed by atoms with E-state index in [0.29, 0.717) is 18.8 Å². The molecule has 138 valence electrons. The van der Waals surface area contributed by atoms with Crippen LogP contribution in [-0.4, -0.2) is 19.2 Å². The summed E-state index contributed by atoms with van der Waals surface area (Å²) < 4.78 is 10.7. The topological polar surface area (TPSA) is 83.1 Å². The molecule has 0 spiro atoms. The molecular formula is C22H22N2O3. The fourth-order valence-corrected chi connectivity index (χ4v) is 2.53. The Balaban J connectivity index is 1.62. The molecule has 0 amide bonds. The Morgan fingerprint density at radius 1 is 0.815 bits per heavy atom. The largest absolute Gasteiger partial charge is 0.494 e. The van der Waals surface area contributed by atoms with Gasteiger partial charge >= 0.3 is 5.97 Å². The first-order valence-electron chi connectivity index (χ1n) is 8.99. The van der Waals surface area contributed by atoms with E-state index in [1.165, 1.54) is 0 Å². The van der Waals surface area contributed by atoms with Crippen LogP contribution in [0.5, 0.6) is 5.75 Å². The number of esters is 1. The van der Waals surface area contributed by atoms with Crippen LogP contribution in [0.4, 0.5) is 0 Å². The number of hydrogen-bond donors (Lipinski definition) is 0. The van der Waals surface area contributed by atoms with Crippen LogP contribution in [0.15, 0.2) is 48.5 Å². The van der Waals surface area contributed by atoms with Crippen molar-refractivity contribution in [2.75, 3.05) is 13.2 Å². The monoisotopic (exact) mass is 362 g/mol. The molecule has 0 aliphatic heterocycles. The molecule has 0 unspecified atom stereocenters. The normalized spacial score (nSPS) is 9.85. The van der Waals surface area contributed by atoms with E-state index in [1.54, 1.807) is 6.07 Å². The van der Waals surface area contributed by atoms with Gasteiger partial charge in [0.15, 0.2) is 0 Å². The van der Waals surface area contributed by atoms with Gasteiger partial charge in [0.2, 0.25) is 0 Å². The van der Waals surface area contributed by atoms with Crippen LogP contribution in [0.25, 0.3) is 11.1 Å². The molecule has 0 aliphatic carbocycles. The summed E-state index contributed by atoms with van der Waals surface area (Å²) in [5.41, 5.74) is 2.80. The van der Waals surface area contributed by atoms with Gasteiger partial charge in [-0.15, -0.1) is 0 Å². The summed E-state index contributed by atoms with van der Waals surface area (Å²) >= 11 is 0. The number of ether oxygens (including phenoxy) is 2. The highest BCUT2D eigenvalue weighted by Gasteiger charge is 2.01. The van der Waals surface area contributed by atoms with Gasteiger partial charge in [0.05, 0.1) is 30.9 Å². The average molecular weight is 362 g/mol. The van der Waals surface area contributed by atoms with Crippen LogP contribution in [-0.2, 0) is 9.53 Å². The number of nitrogens with zero attached hydrogens (tertiary/aromatic N) is 2. The van der Waals surface area contributed by atoms with Gasteiger partial charge in [-0.1, -0.05) is 24.3 Å². The number of carbonyl (C=O) groups is 1. The van der Waals surface area contributed by atoms with Gasteiger partial charge in [-0.05, 0) is 61.1 Å². The molecule has 0 heterocycles. The summed E-state index contributed by atoms with van der Waals surface area (Å²) in [6.45, 7) is 1.02. The van der Waals surface area contributed by atoms with Crippen LogP contribution in [0.1, 0.15) is 37.7 Å². The maximum atomic E-state index is 11.0. The Morgan fingerprint density at radius 3 is 2.00 bits per heavy atom. The van der Waals surface area contributed by atoms with Crippen LogP contribution >= 0.6 is 0 Å². The fourth-order valence-electron chi connectivity index (χ4n) is 2.53. The highest BCUT2D eigenvalue weighted by molar-refractivity contribution is 5.71. The third-order valence-electron chi connectivity index (χ3n) is 4.00. The van der Waals surface area contributed by atoms with Crippen molar-refractivity contribution in [3.63, 3.8) is 0 Å². The molecule has 0 saturated heterocycles. The van der Waals surface area contributed by atoms with E-state index in [0.717, 1.165) is 42.6 Å². The van der Waals surface area contributed by atoms with E-state index in [4.69, 9.17) is 20.0 Å². The van der Waals surface area contributed by atoms with Crippen molar-refractivity contribution >= 4 is 5.97 Å². The zero-order valence-corrected chi connectivity index (χ0v) is 15.2. The highest BCUT2D eigenvalue weighted by Crippen LogP contribution is 2.23. The lowest BCUT2D eigenvalue weighted by molar-refractivity contribution is -0.142. The summed E-state index contributed by atoms with van der Waals surface area (Å²) in [5, 5.41) is 17.2. The Bertz CT molecular complexity index is 799. The predicted molar refractivity (Wildman–Crippen MR) is 102 cm³/mol. The maximum absolute atomic E-state index is 11.0. The first-order chi connectivity index (χ1) is 13.2. The molecule has 0 radical (unpaired) electrons. The van der Waals surface area contributed by atoms with E-state index in [-0.39, 0.29) is 6.42 Å². The molecule has 0 N–H and O–H groups in total. The third-order valence-corrected chi connectivity index (χ3v) is 4.00. The van der Waals surface area contributed by atoms with E-state index >= 15 is 0 Å². The molecule has 27 heavy (non-hydrogen) atoms. The molecule has 0 aliphatic rings. The van der Waals surface area contributed by atoms with Crippen molar-refractivity contribution in [1.29, 1.82) is 10.5 Å². The summed E-state index contributed by atoms with van der Waals surface area (Å²) in [4.78, 5) is 11.0. The van der Waals surface area contributed by atoms with Gasteiger partial charge < -0.3 is 9.47 Å². The van der Waals surface area contributed by atoms with Gasteiger partial charge in [-0.3, -0.25) is 4.79 Å². The second-order valence-corrected chi connectivity index (χ2v) is 6.03. The minimum Gasteiger partial charge on any atom is -0.494 e. The molecule has 0 fully saturated rings. The number of benzene rings is 2. The Labute approximate surface area is 159 Å². The first kappa shape index (κ1) is 20.0. The van der Waals surface area contributed by atoms with Crippen molar-refractivity contribution in [2.45, 2.75) is 32.1 Å². The van der Waals surface area contributed by atoms with E-state index in [2.05, 4.69) is 6.07 Å². The zero-order chi connectivity index (χ0) is 19.3. The lowest BCUT2D eigenvalue weighted by Gasteiger charge is -2.08. The van der Waals surface area contributed by atoms with Gasteiger partial charge in [-0.2, -0.15) is 10.5 Å². The molecule has 0 bridgehead atoms. The number of carbonyl (C=O) groups excluding carboxylic acids is 1. The third kappa shape index (κ3) is 7.22. The van der Waals surface area contributed by atoms with Gasteiger partial charge in [-0.25, -0.2) is 0 Å². The summed E-state index contributed by atoms with van der Waals surface area (Å²) in [6, 6.07) is 19.3. The van der Waals surface area contributed by atoms with Crippen molar-refractivity contribution in [3.05, 3.63) is 54.1 Å². The molecule has 5 nitrogen and oxygen atoms in total. The number of hydrogen-bond acceptors (Lipinski definition) is 5. The molecular weight excluding hydrogens is 340 g/mol. The lowest BCUT2D eigenvalue weighted by atomic mass is 10.0. The van der Waals surface area contributed by atoms with Crippen LogP contribution in [0.2, 0.25) is 0 Å². The summed E-state index contributed by atoms with van der Waals surface area (Å²) in [5.74, 6) is 0.378. The summed E-state index contributed by atoms with van der Waals surface area (Å²) in [7, 11) is 0. The van der Waals surface area contributed by atoms with Crippen molar-refractivity contribution in [3.8, 4) is 29.0 Å². The quantitative estimate of drug-likeness (QED) is 0.455. The average Bonchev–Trinajstić information content (AvgIpc) is 2.71. The molecule has 2 rings (SSSR count). The molecule has 2 aromatic carbocycles. The SMILES string of the molecule is N#CCC(=O)OCCCCCCOc1ccc(-c2ccc(C#N)cc2)cc1. The van der Waals surface area contributed by atoms with E-state index in [1.807, 2.05) is 48.5 Å². The Morgan fingerprint density at radius 2 is 1.41 bits per heavy atom. The number of unbranched alkanes of at least 4 members (excludes halogenated alkanes) is 3. The van der Waals surface area contributed by atoms with Gasteiger partial charge in [0, 0.05) is 0 Å². The van der Waals surface area contributed by atoms with Gasteiger partial charge in [0.1, 0.15) is 12.2 Å². The van der Waals surface area contributed by atoms with E-state index < -0.39 is 5.97 Å². The van der Waals surface area contributed by atoms with E-state index in [9.17, 15) is 4.79 Å². The minimum atomic E-state index is -0.453.